The van der Waals surface area contributed by atoms with Gasteiger partial charge in [0.2, 0.25) is 21.8 Å². The predicted octanol–water partition coefficient (Wildman–Crippen LogP) is -0.499. The van der Waals surface area contributed by atoms with E-state index in [4.69, 9.17) is 5.11 Å². The molecule has 2 N–H and O–H groups in total. The maximum Gasteiger partial charge on any atom is 0.322 e. The molecule has 1 heterocycles. The topological polar surface area (TPSA) is 124 Å². The van der Waals surface area contributed by atoms with Gasteiger partial charge >= 0.3 is 5.97 Å². The highest BCUT2D eigenvalue weighted by molar-refractivity contribution is 7.89. The molecule has 2 amide bonds. The number of nitrogens with zero attached hydrogens (tertiary/aromatic N) is 2. The lowest BCUT2D eigenvalue weighted by molar-refractivity contribution is -0.138. The SMILES string of the molecule is O=C(O)CNC(=O)CCC(=O)N1CCN(S(=O)(=O)c2ccccc2)CC1. The smallest absolute Gasteiger partial charge is 0.322 e. The van der Waals surface area contributed by atoms with E-state index >= 15 is 0 Å². The van der Waals surface area contributed by atoms with Gasteiger partial charge < -0.3 is 15.3 Å². The first-order valence-corrected chi connectivity index (χ1v) is 9.56. The maximum atomic E-state index is 12.5. The Morgan fingerprint density at radius 3 is 2.19 bits per heavy atom. The van der Waals surface area contributed by atoms with E-state index in [0.29, 0.717) is 0 Å². The molecule has 0 spiro atoms. The molecule has 0 saturated carbocycles. The van der Waals surface area contributed by atoms with E-state index in [1.807, 2.05) is 0 Å². The van der Waals surface area contributed by atoms with E-state index in [9.17, 15) is 22.8 Å². The van der Waals surface area contributed by atoms with Crippen LogP contribution in [0.5, 0.6) is 0 Å². The monoisotopic (exact) mass is 383 g/mol. The van der Waals surface area contributed by atoms with Crippen molar-refractivity contribution in [2.45, 2.75) is 17.7 Å². The number of carbonyl (C=O) groups excluding carboxylic acids is 2. The molecule has 9 nitrogen and oxygen atoms in total. The van der Waals surface area contributed by atoms with Crippen molar-refractivity contribution in [2.75, 3.05) is 32.7 Å². The van der Waals surface area contributed by atoms with E-state index < -0.39 is 28.4 Å². The molecule has 1 aliphatic heterocycles. The van der Waals surface area contributed by atoms with Gasteiger partial charge in [-0.25, -0.2) is 8.42 Å². The Bertz CT molecular complexity index is 757. The Morgan fingerprint density at radius 2 is 1.62 bits per heavy atom. The number of rotatable bonds is 7. The van der Waals surface area contributed by atoms with E-state index in [0.717, 1.165) is 0 Å². The highest BCUT2D eigenvalue weighted by Gasteiger charge is 2.29. The van der Waals surface area contributed by atoms with Crippen molar-refractivity contribution in [1.29, 1.82) is 0 Å². The molecule has 0 aliphatic carbocycles. The number of aliphatic carboxylic acids is 1. The molecular formula is C16H21N3O6S. The summed E-state index contributed by atoms with van der Waals surface area (Å²) in [6, 6.07) is 8.11. The summed E-state index contributed by atoms with van der Waals surface area (Å²) < 4.78 is 26.4. The summed E-state index contributed by atoms with van der Waals surface area (Å²) in [5.74, 6) is -1.92. The molecule has 1 saturated heterocycles. The molecule has 1 aromatic rings. The molecule has 10 heteroatoms. The fourth-order valence-electron chi connectivity index (χ4n) is 2.56. The van der Waals surface area contributed by atoms with Crippen LogP contribution in [0.1, 0.15) is 12.8 Å². The Balaban J connectivity index is 1.81. The van der Waals surface area contributed by atoms with E-state index in [1.54, 1.807) is 18.2 Å². The number of hydrogen-bond donors (Lipinski definition) is 2. The standard InChI is InChI=1S/C16H21N3O6S/c20-14(17-12-16(22)23)6-7-15(21)18-8-10-19(11-9-18)26(24,25)13-4-2-1-3-5-13/h1-5H,6-12H2,(H,17,20)(H,22,23). The second-order valence-electron chi connectivity index (χ2n) is 5.77. The van der Waals surface area contributed by atoms with Gasteiger partial charge in [0.1, 0.15) is 6.54 Å². The minimum atomic E-state index is -3.58. The Labute approximate surface area is 151 Å². The van der Waals surface area contributed by atoms with Crippen LogP contribution >= 0.6 is 0 Å². The lowest BCUT2D eigenvalue weighted by atomic mass is 10.2. The van der Waals surface area contributed by atoms with Crippen LogP contribution < -0.4 is 5.32 Å². The molecule has 1 aliphatic rings. The van der Waals surface area contributed by atoms with Gasteiger partial charge in [-0.15, -0.1) is 0 Å². The molecular weight excluding hydrogens is 362 g/mol. The quantitative estimate of drug-likeness (QED) is 0.654. The van der Waals surface area contributed by atoms with Crippen LogP contribution in [-0.2, 0) is 24.4 Å². The van der Waals surface area contributed by atoms with Gasteiger partial charge in [0.15, 0.2) is 0 Å². The molecule has 142 valence electrons. The first-order chi connectivity index (χ1) is 12.3. The summed E-state index contributed by atoms with van der Waals surface area (Å²) in [6.07, 6.45) is -0.147. The van der Waals surface area contributed by atoms with Gasteiger partial charge in [-0.05, 0) is 12.1 Å². The second kappa shape index (κ2) is 8.77. The third kappa shape index (κ3) is 5.27. The van der Waals surface area contributed by atoms with Crippen molar-refractivity contribution in [2.24, 2.45) is 0 Å². The van der Waals surface area contributed by atoms with Crippen molar-refractivity contribution in [3.8, 4) is 0 Å². The maximum absolute atomic E-state index is 12.5. The molecule has 1 fully saturated rings. The van der Waals surface area contributed by atoms with Crippen molar-refractivity contribution in [3.05, 3.63) is 30.3 Å². The molecule has 0 unspecified atom stereocenters. The van der Waals surface area contributed by atoms with Gasteiger partial charge in [-0.2, -0.15) is 4.31 Å². The predicted molar refractivity (Wildman–Crippen MR) is 91.7 cm³/mol. The Morgan fingerprint density at radius 1 is 1.00 bits per heavy atom. The van der Waals surface area contributed by atoms with Crippen molar-refractivity contribution in [3.63, 3.8) is 0 Å². The molecule has 0 aromatic heterocycles. The molecule has 0 radical (unpaired) electrons. The van der Waals surface area contributed by atoms with Gasteiger partial charge in [-0.1, -0.05) is 18.2 Å². The third-order valence-corrected chi connectivity index (χ3v) is 5.89. The number of carbonyl (C=O) groups is 3. The van der Waals surface area contributed by atoms with Crippen LogP contribution in [0.25, 0.3) is 0 Å². The Kier molecular flexibility index (Phi) is 6.70. The molecule has 0 bridgehead atoms. The summed E-state index contributed by atoms with van der Waals surface area (Å²) in [5, 5.41) is 10.7. The van der Waals surface area contributed by atoms with Crippen LogP contribution in [-0.4, -0.2) is 73.2 Å². The fourth-order valence-corrected chi connectivity index (χ4v) is 4.00. The number of nitrogens with one attached hydrogen (secondary N) is 1. The van der Waals surface area contributed by atoms with Crippen LogP contribution in [0, 0.1) is 0 Å². The summed E-state index contributed by atoms with van der Waals surface area (Å²) in [4.78, 5) is 35.7. The number of hydrogen-bond acceptors (Lipinski definition) is 5. The zero-order valence-electron chi connectivity index (χ0n) is 14.1. The first kappa shape index (κ1) is 19.9. The number of piperazine rings is 1. The third-order valence-electron chi connectivity index (χ3n) is 3.98. The molecule has 0 atom stereocenters. The van der Waals surface area contributed by atoms with Gasteiger partial charge in [-0.3, -0.25) is 14.4 Å². The van der Waals surface area contributed by atoms with Crippen LogP contribution in [0.4, 0.5) is 0 Å². The molecule has 2 rings (SSSR count). The van der Waals surface area contributed by atoms with Gasteiger partial charge in [0, 0.05) is 39.0 Å². The van der Waals surface area contributed by atoms with Gasteiger partial charge in [0.25, 0.3) is 0 Å². The zero-order chi connectivity index (χ0) is 19.2. The summed E-state index contributed by atoms with van der Waals surface area (Å²) in [7, 11) is -3.58. The van der Waals surface area contributed by atoms with Crippen LogP contribution in [0.2, 0.25) is 0 Å². The lowest BCUT2D eigenvalue weighted by Crippen LogP contribution is -2.50. The average molecular weight is 383 g/mol. The number of carboxylic acid groups (broad SMARTS) is 1. The summed E-state index contributed by atoms with van der Waals surface area (Å²) in [6.45, 7) is 0.398. The van der Waals surface area contributed by atoms with Gasteiger partial charge in [0.05, 0.1) is 4.90 Å². The van der Waals surface area contributed by atoms with Crippen molar-refractivity contribution < 1.29 is 27.9 Å². The number of sulfonamides is 1. The largest absolute Gasteiger partial charge is 0.480 e. The minimum Gasteiger partial charge on any atom is -0.480 e. The van der Waals surface area contributed by atoms with E-state index in [-0.39, 0.29) is 49.8 Å². The summed E-state index contributed by atoms with van der Waals surface area (Å²) in [5.41, 5.74) is 0. The molecule has 1 aromatic carbocycles. The van der Waals surface area contributed by atoms with Crippen molar-refractivity contribution in [1.82, 2.24) is 14.5 Å². The minimum absolute atomic E-state index is 0.0448. The Hall–Kier alpha value is -2.46. The van der Waals surface area contributed by atoms with Crippen LogP contribution in [0.3, 0.4) is 0 Å². The average Bonchev–Trinajstić information content (AvgIpc) is 2.65. The molecule has 26 heavy (non-hydrogen) atoms. The number of carboxylic acids is 1. The normalized spacial score (nSPS) is 15.5. The second-order valence-corrected chi connectivity index (χ2v) is 7.71. The highest BCUT2D eigenvalue weighted by atomic mass is 32.2. The van der Waals surface area contributed by atoms with Crippen molar-refractivity contribution >= 4 is 27.8 Å². The zero-order valence-corrected chi connectivity index (χ0v) is 14.9. The first-order valence-electron chi connectivity index (χ1n) is 8.12. The van der Waals surface area contributed by atoms with E-state index in [2.05, 4.69) is 5.32 Å². The fraction of sp³-hybridized carbons (Fsp3) is 0.438. The van der Waals surface area contributed by atoms with Crippen LogP contribution in [0.15, 0.2) is 35.2 Å². The number of benzene rings is 1. The summed E-state index contributed by atoms with van der Waals surface area (Å²) >= 11 is 0. The van der Waals surface area contributed by atoms with E-state index in [1.165, 1.54) is 21.3 Å². The number of amides is 2. The lowest BCUT2D eigenvalue weighted by Gasteiger charge is -2.34. The highest BCUT2D eigenvalue weighted by Crippen LogP contribution is 2.17.